The number of esters is 1. The van der Waals surface area contributed by atoms with Crippen molar-refractivity contribution < 1.29 is 19.1 Å². The van der Waals surface area contributed by atoms with Gasteiger partial charge in [-0.15, -0.1) is 12.3 Å². The van der Waals surface area contributed by atoms with E-state index in [2.05, 4.69) is 5.92 Å². The largest absolute Gasteiger partial charge is 0.468 e. The van der Waals surface area contributed by atoms with Crippen molar-refractivity contribution in [2.75, 3.05) is 7.11 Å². The van der Waals surface area contributed by atoms with Crippen molar-refractivity contribution in [3.63, 3.8) is 0 Å². The normalized spacial score (nSPS) is 22.8. The summed E-state index contributed by atoms with van der Waals surface area (Å²) < 4.78 is 4.79. The Balaban J connectivity index is 3.20. The van der Waals surface area contributed by atoms with E-state index in [0.29, 0.717) is 12.8 Å². The van der Waals surface area contributed by atoms with E-state index in [1.807, 2.05) is 0 Å². The summed E-state index contributed by atoms with van der Waals surface area (Å²) in [5, 5.41) is 0. The summed E-state index contributed by atoms with van der Waals surface area (Å²) in [4.78, 5) is 36.0. The molecule has 1 rings (SSSR count). The van der Waals surface area contributed by atoms with Crippen molar-refractivity contribution in [1.82, 2.24) is 0 Å². The summed E-state index contributed by atoms with van der Waals surface area (Å²) in [6.45, 7) is 1.35. The lowest BCUT2D eigenvalue weighted by atomic mass is 9.67. The van der Waals surface area contributed by atoms with Crippen molar-refractivity contribution in [3.05, 3.63) is 0 Å². The Hall–Kier alpha value is -1.63. The fraction of sp³-hybridized carbons (Fsp3) is 0.667. The Morgan fingerprint density at radius 2 is 2.16 bits per heavy atom. The van der Waals surface area contributed by atoms with Gasteiger partial charge in [0.1, 0.15) is 17.0 Å². The van der Waals surface area contributed by atoms with E-state index in [9.17, 15) is 14.4 Å². The minimum absolute atomic E-state index is 0.00699. The van der Waals surface area contributed by atoms with Crippen LogP contribution in [0.1, 0.15) is 45.4 Å². The number of hydrogen-bond donors (Lipinski definition) is 0. The predicted octanol–water partition coefficient (Wildman–Crippen LogP) is 1.91. The van der Waals surface area contributed by atoms with Crippen LogP contribution in [-0.4, -0.2) is 24.6 Å². The minimum Gasteiger partial charge on any atom is -0.468 e. The zero-order valence-electron chi connectivity index (χ0n) is 11.5. The SMILES string of the molecule is C#CC[C@@](C(C)=O)(C(=O)OC)[C@@H]1CCCCC(=O)C1. The molecule has 0 bridgehead atoms. The molecule has 4 nitrogen and oxygen atoms in total. The first kappa shape index (κ1) is 15.4. The third kappa shape index (κ3) is 3.04. The number of ether oxygens (including phenoxy) is 1. The van der Waals surface area contributed by atoms with Crippen molar-refractivity contribution in [2.24, 2.45) is 11.3 Å². The molecule has 0 spiro atoms. The summed E-state index contributed by atoms with van der Waals surface area (Å²) >= 11 is 0. The standard InChI is InChI=1S/C15H20O4/c1-4-9-15(11(2)16,14(18)19-3)12-7-5-6-8-13(17)10-12/h1,12H,5-10H2,2-3H3/t12-,15+/m1/s1. The lowest BCUT2D eigenvalue weighted by molar-refractivity contribution is -0.161. The molecule has 0 aromatic carbocycles. The number of Topliss-reactive ketones (excluding diaryl/α,β-unsaturated/α-hetero) is 2. The van der Waals surface area contributed by atoms with Gasteiger partial charge >= 0.3 is 5.97 Å². The molecule has 0 amide bonds. The highest BCUT2D eigenvalue weighted by molar-refractivity contribution is 6.03. The smallest absolute Gasteiger partial charge is 0.320 e. The fourth-order valence-electron chi connectivity index (χ4n) is 2.89. The average molecular weight is 264 g/mol. The molecule has 1 saturated carbocycles. The Kier molecular flexibility index (Phi) is 5.29. The van der Waals surface area contributed by atoms with Gasteiger partial charge in [-0.05, 0) is 25.7 Å². The molecule has 104 valence electrons. The average Bonchev–Trinajstić information content (AvgIpc) is 2.59. The first-order valence-corrected chi connectivity index (χ1v) is 6.53. The van der Waals surface area contributed by atoms with Crippen LogP contribution in [0, 0.1) is 23.7 Å². The lowest BCUT2D eigenvalue weighted by Gasteiger charge is -2.34. The van der Waals surface area contributed by atoms with Gasteiger partial charge in [0.25, 0.3) is 0 Å². The summed E-state index contributed by atoms with van der Waals surface area (Å²) in [5.41, 5.74) is -1.36. The summed E-state index contributed by atoms with van der Waals surface area (Å²) in [6, 6.07) is 0. The van der Waals surface area contributed by atoms with Gasteiger partial charge < -0.3 is 4.74 Å². The van der Waals surface area contributed by atoms with E-state index in [1.54, 1.807) is 0 Å². The van der Waals surface area contributed by atoms with Gasteiger partial charge in [-0.1, -0.05) is 6.42 Å². The molecule has 0 saturated heterocycles. The van der Waals surface area contributed by atoms with Gasteiger partial charge in [0.15, 0.2) is 0 Å². The van der Waals surface area contributed by atoms with Crippen molar-refractivity contribution in [2.45, 2.75) is 45.4 Å². The van der Waals surface area contributed by atoms with Crippen LogP contribution < -0.4 is 0 Å². The molecule has 0 aromatic rings. The zero-order chi connectivity index (χ0) is 14.5. The maximum Gasteiger partial charge on any atom is 0.320 e. The number of ketones is 2. The second-order valence-corrected chi connectivity index (χ2v) is 5.09. The highest BCUT2D eigenvalue weighted by Crippen LogP contribution is 2.41. The van der Waals surface area contributed by atoms with E-state index in [0.717, 1.165) is 12.8 Å². The molecular formula is C15H20O4. The van der Waals surface area contributed by atoms with Crippen LogP contribution in [0.15, 0.2) is 0 Å². The van der Waals surface area contributed by atoms with Crippen molar-refractivity contribution >= 4 is 17.5 Å². The molecule has 0 heterocycles. The first-order valence-electron chi connectivity index (χ1n) is 6.53. The van der Waals surface area contributed by atoms with Crippen LogP contribution in [0.4, 0.5) is 0 Å². The number of carbonyl (C=O) groups is 3. The number of carbonyl (C=O) groups excluding carboxylic acids is 3. The number of hydrogen-bond acceptors (Lipinski definition) is 4. The molecule has 0 radical (unpaired) electrons. The molecule has 4 heteroatoms. The monoisotopic (exact) mass is 264 g/mol. The zero-order valence-corrected chi connectivity index (χ0v) is 11.5. The molecule has 0 unspecified atom stereocenters. The van der Waals surface area contributed by atoms with E-state index in [1.165, 1.54) is 14.0 Å². The van der Waals surface area contributed by atoms with Crippen LogP contribution in [0.3, 0.4) is 0 Å². The lowest BCUT2D eigenvalue weighted by Crippen LogP contribution is -2.45. The van der Waals surface area contributed by atoms with Crippen LogP contribution in [0.2, 0.25) is 0 Å². The number of methoxy groups -OCH3 is 1. The molecule has 1 fully saturated rings. The van der Waals surface area contributed by atoms with Gasteiger partial charge in [-0.3, -0.25) is 14.4 Å². The fourth-order valence-corrected chi connectivity index (χ4v) is 2.89. The highest BCUT2D eigenvalue weighted by atomic mass is 16.5. The quantitative estimate of drug-likeness (QED) is 0.337. The molecular weight excluding hydrogens is 244 g/mol. The van der Waals surface area contributed by atoms with Gasteiger partial charge in [0.05, 0.1) is 7.11 Å². The molecule has 1 aliphatic carbocycles. The van der Waals surface area contributed by atoms with E-state index in [4.69, 9.17) is 11.2 Å². The second-order valence-electron chi connectivity index (χ2n) is 5.09. The number of terminal acetylenes is 1. The van der Waals surface area contributed by atoms with Crippen LogP contribution in [0.25, 0.3) is 0 Å². The van der Waals surface area contributed by atoms with Gasteiger partial charge in [-0.2, -0.15) is 0 Å². The molecule has 0 aliphatic heterocycles. The maximum atomic E-state index is 12.1. The summed E-state index contributed by atoms with van der Waals surface area (Å²) in [5.74, 6) is 1.23. The van der Waals surface area contributed by atoms with Crippen LogP contribution in [-0.2, 0) is 19.1 Å². The van der Waals surface area contributed by atoms with Gasteiger partial charge in [-0.25, -0.2) is 0 Å². The van der Waals surface area contributed by atoms with E-state index >= 15 is 0 Å². The molecule has 1 aliphatic rings. The topological polar surface area (TPSA) is 60.4 Å². The molecule has 19 heavy (non-hydrogen) atoms. The number of rotatable bonds is 4. The first-order chi connectivity index (χ1) is 8.98. The molecule has 0 N–H and O–H groups in total. The highest BCUT2D eigenvalue weighted by Gasteiger charge is 2.50. The third-order valence-corrected chi connectivity index (χ3v) is 3.99. The predicted molar refractivity (Wildman–Crippen MR) is 70.2 cm³/mol. The van der Waals surface area contributed by atoms with E-state index in [-0.39, 0.29) is 30.3 Å². The van der Waals surface area contributed by atoms with Crippen molar-refractivity contribution in [1.29, 1.82) is 0 Å². The van der Waals surface area contributed by atoms with Gasteiger partial charge in [0.2, 0.25) is 0 Å². The Morgan fingerprint density at radius 1 is 1.47 bits per heavy atom. The second kappa shape index (κ2) is 6.51. The summed E-state index contributed by atoms with van der Waals surface area (Å²) in [6.07, 6.45) is 8.36. The van der Waals surface area contributed by atoms with Crippen LogP contribution in [0.5, 0.6) is 0 Å². The van der Waals surface area contributed by atoms with E-state index < -0.39 is 11.4 Å². The summed E-state index contributed by atoms with van der Waals surface area (Å²) in [7, 11) is 1.25. The minimum atomic E-state index is -1.36. The Bertz CT molecular complexity index is 418. The maximum absolute atomic E-state index is 12.1. The molecule has 2 atom stereocenters. The van der Waals surface area contributed by atoms with Crippen LogP contribution >= 0.6 is 0 Å². The Labute approximate surface area is 113 Å². The van der Waals surface area contributed by atoms with Crippen molar-refractivity contribution in [3.8, 4) is 12.3 Å². The Morgan fingerprint density at radius 3 is 2.68 bits per heavy atom. The molecule has 0 aromatic heterocycles. The van der Waals surface area contributed by atoms with Gasteiger partial charge in [0, 0.05) is 19.3 Å². The third-order valence-electron chi connectivity index (χ3n) is 3.99.